The van der Waals surface area contributed by atoms with Gasteiger partial charge in [0.15, 0.2) is 0 Å². The highest BCUT2D eigenvalue weighted by atomic mass is 16.2. The fraction of sp³-hybridized carbons (Fsp3) is 0.917. The van der Waals surface area contributed by atoms with Gasteiger partial charge in [-0.25, -0.2) is 0 Å². The summed E-state index contributed by atoms with van der Waals surface area (Å²) in [7, 11) is 0. The lowest BCUT2D eigenvalue weighted by Gasteiger charge is -2.26. The smallest absolute Gasteiger partial charge is 0.237 e. The topological polar surface area (TPSA) is 53.2 Å². The van der Waals surface area contributed by atoms with Crippen molar-refractivity contribution in [3.63, 3.8) is 0 Å². The van der Waals surface area contributed by atoms with Crippen LogP contribution < -0.4 is 16.0 Å². The molecule has 0 radical (unpaired) electrons. The fourth-order valence-corrected chi connectivity index (χ4v) is 2.52. The molecule has 92 valence electrons. The molecule has 2 heterocycles. The van der Waals surface area contributed by atoms with Gasteiger partial charge in [-0.3, -0.25) is 4.79 Å². The van der Waals surface area contributed by atoms with Gasteiger partial charge >= 0.3 is 0 Å². The first-order chi connectivity index (χ1) is 7.86. The summed E-state index contributed by atoms with van der Waals surface area (Å²) in [6.07, 6.45) is 7.12. The van der Waals surface area contributed by atoms with Crippen LogP contribution in [0, 0.1) is 0 Å². The molecule has 3 N–H and O–H groups in total. The number of piperidine rings is 2. The maximum atomic E-state index is 11.8. The van der Waals surface area contributed by atoms with E-state index in [0.29, 0.717) is 6.04 Å². The average molecular weight is 225 g/mol. The van der Waals surface area contributed by atoms with Crippen molar-refractivity contribution in [3.8, 4) is 0 Å². The maximum absolute atomic E-state index is 11.8. The van der Waals surface area contributed by atoms with Gasteiger partial charge in [0.1, 0.15) is 0 Å². The molecule has 4 nitrogen and oxygen atoms in total. The predicted molar refractivity (Wildman–Crippen MR) is 64.3 cm³/mol. The van der Waals surface area contributed by atoms with E-state index in [1.165, 1.54) is 32.1 Å². The second kappa shape index (κ2) is 6.21. The van der Waals surface area contributed by atoms with Crippen molar-refractivity contribution in [2.24, 2.45) is 0 Å². The van der Waals surface area contributed by atoms with Crippen molar-refractivity contribution in [1.29, 1.82) is 0 Å². The number of carbonyl (C=O) groups excluding carboxylic acids is 1. The second-order valence-electron chi connectivity index (χ2n) is 4.89. The molecule has 2 aliphatic heterocycles. The Bertz CT molecular complexity index is 220. The van der Waals surface area contributed by atoms with E-state index >= 15 is 0 Å². The third-order valence-corrected chi connectivity index (χ3v) is 3.56. The number of hydrogen-bond donors (Lipinski definition) is 3. The molecule has 2 rings (SSSR count). The molecule has 16 heavy (non-hydrogen) atoms. The lowest BCUT2D eigenvalue weighted by Crippen LogP contribution is -2.50. The minimum atomic E-state index is 0.0531. The maximum Gasteiger partial charge on any atom is 0.237 e. The van der Waals surface area contributed by atoms with E-state index in [1.54, 1.807) is 0 Å². The van der Waals surface area contributed by atoms with Crippen LogP contribution in [0.15, 0.2) is 0 Å². The Balaban J connectivity index is 1.65. The van der Waals surface area contributed by atoms with Crippen molar-refractivity contribution in [3.05, 3.63) is 0 Å². The Morgan fingerprint density at radius 1 is 1.06 bits per heavy atom. The van der Waals surface area contributed by atoms with E-state index in [1.807, 2.05) is 0 Å². The summed E-state index contributed by atoms with van der Waals surface area (Å²) < 4.78 is 0. The first-order valence-corrected chi connectivity index (χ1v) is 6.61. The van der Waals surface area contributed by atoms with E-state index in [-0.39, 0.29) is 11.9 Å². The first-order valence-electron chi connectivity index (χ1n) is 6.61. The summed E-state index contributed by atoms with van der Waals surface area (Å²) in [5.74, 6) is 0.187. The Kier molecular flexibility index (Phi) is 4.60. The van der Waals surface area contributed by atoms with Crippen molar-refractivity contribution in [1.82, 2.24) is 16.0 Å². The normalized spacial score (nSPS) is 31.0. The lowest BCUT2D eigenvalue weighted by atomic mass is 10.0. The monoisotopic (exact) mass is 225 g/mol. The van der Waals surface area contributed by atoms with Crippen LogP contribution in [-0.2, 0) is 4.79 Å². The van der Waals surface area contributed by atoms with Gasteiger partial charge in [-0.05, 0) is 38.8 Å². The number of nitrogens with one attached hydrogen (secondary N) is 3. The van der Waals surface area contributed by atoms with E-state index in [2.05, 4.69) is 16.0 Å². The van der Waals surface area contributed by atoms with Gasteiger partial charge in [0.25, 0.3) is 0 Å². The highest BCUT2D eigenvalue weighted by molar-refractivity contribution is 5.81. The number of hydrogen-bond acceptors (Lipinski definition) is 3. The summed E-state index contributed by atoms with van der Waals surface area (Å²) in [6.45, 7) is 2.87. The van der Waals surface area contributed by atoms with Crippen molar-refractivity contribution >= 4 is 5.91 Å². The molecule has 1 amide bonds. The van der Waals surface area contributed by atoms with Crippen LogP contribution in [0.3, 0.4) is 0 Å². The van der Waals surface area contributed by atoms with Crippen LogP contribution in [0.5, 0.6) is 0 Å². The molecule has 0 aromatic heterocycles. The van der Waals surface area contributed by atoms with Gasteiger partial charge < -0.3 is 16.0 Å². The summed E-state index contributed by atoms with van der Waals surface area (Å²) >= 11 is 0. The molecule has 2 saturated heterocycles. The molecule has 0 saturated carbocycles. The first kappa shape index (κ1) is 11.9. The van der Waals surface area contributed by atoms with Crippen molar-refractivity contribution < 1.29 is 4.79 Å². The molecule has 0 spiro atoms. The molecule has 2 atom stereocenters. The number of amides is 1. The summed E-state index contributed by atoms with van der Waals surface area (Å²) in [6, 6.07) is 0.540. The minimum absolute atomic E-state index is 0.0531. The van der Waals surface area contributed by atoms with Crippen LogP contribution in [0.1, 0.15) is 38.5 Å². The summed E-state index contributed by atoms with van der Waals surface area (Å²) in [4.78, 5) is 11.8. The fourth-order valence-electron chi connectivity index (χ4n) is 2.52. The summed E-state index contributed by atoms with van der Waals surface area (Å²) in [5.41, 5.74) is 0. The standard InChI is InChI=1S/C12H23N3O/c16-12(11-6-2-4-8-14-11)15-9-10-5-1-3-7-13-10/h10-11,13-14H,1-9H2,(H,15,16). The zero-order valence-electron chi connectivity index (χ0n) is 9.93. The van der Waals surface area contributed by atoms with Gasteiger partial charge in [0.2, 0.25) is 5.91 Å². The molecule has 0 aliphatic carbocycles. The molecule has 0 bridgehead atoms. The highest BCUT2D eigenvalue weighted by Gasteiger charge is 2.21. The zero-order valence-corrected chi connectivity index (χ0v) is 9.93. The van der Waals surface area contributed by atoms with Crippen LogP contribution >= 0.6 is 0 Å². The molecule has 2 unspecified atom stereocenters. The van der Waals surface area contributed by atoms with Crippen LogP contribution in [0.4, 0.5) is 0 Å². The SMILES string of the molecule is O=C(NCC1CCCCN1)C1CCCCN1. The number of rotatable bonds is 3. The molecule has 0 aromatic rings. The van der Waals surface area contributed by atoms with Gasteiger partial charge in [-0.2, -0.15) is 0 Å². The van der Waals surface area contributed by atoms with Gasteiger partial charge in [-0.1, -0.05) is 12.8 Å². The predicted octanol–water partition coefficient (Wildman–Crippen LogP) is 0.387. The quantitative estimate of drug-likeness (QED) is 0.651. The van der Waals surface area contributed by atoms with E-state index in [0.717, 1.165) is 26.1 Å². The van der Waals surface area contributed by atoms with Crippen molar-refractivity contribution in [2.45, 2.75) is 50.6 Å². The Labute approximate surface area is 97.6 Å². The molecule has 4 heteroatoms. The Morgan fingerprint density at radius 2 is 1.81 bits per heavy atom. The van der Waals surface area contributed by atoms with E-state index < -0.39 is 0 Å². The van der Waals surface area contributed by atoms with E-state index in [4.69, 9.17) is 0 Å². The Hall–Kier alpha value is -0.610. The van der Waals surface area contributed by atoms with Crippen LogP contribution in [0.2, 0.25) is 0 Å². The largest absolute Gasteiger partial charge is 0.353 e. The van der Waals surface area contributed by atoms with Crippen LogP contribution in [-0.4, -0.2) is 37.6 Å². The van der Waals surface area contributed by atoms with Crippen molar-refractivity contribution in [2.75, 3.05) is 19.6 Å². The second-order valence-corrected chi connectivity index (χ2v) is 4.89. The van der Waals surface area contributed by atoms with E-state index in [9.17, 15) is 4.79 Å². The highest BCUT2D eigenvalue weighted by Crippen LogP contribution is 2.08. The molecule has 0 aromatic carbocycles. The Morgan fingerprint density at radius 3 is 2.44 bits per heavy atom. The zero-order chi connectivity index (χ0) is 11.2. The number of carbonyl (C=O) groups is 1. The van der Waals surface area contributed by atoms with Gasteiger partial charge in [-0.15, -0.1) is 0 Å². The summed E-state index contributed by atoms with van der Waals surface area (Å²) in [5, 5.41) is 9.77. The van der Waals surface area contributed by atoms with Crippen LogP contribution in [0.25, 0.3) is 0 Å². The molecule has 2 aliphatic rings. The minimum Gasteiger partial charge on any atom is -0.353 e. The molecule has 2 fully saturated rings. The third-order valence-electron chi connectivity index (χ3n) is 3.56. The lowest BCUT2D eigenvalue weighted by molar-refractivity contribution is -0.123. The third kappa shape index (κ3) is 3.46. The molecular formula is C12H23N3O. The van der Waals surface area contributed by atoms with Gasteiger partial charge in [0.05, 0.1) is 6.04 Å². The average Bonchev–Trinajstić information content (AvgIpc) is 2.38. The molecular weight excluding hydrogens is 202 g/mol. The van der Waals surface area contributed by atoms with Gasteiger partial charge in [0, 0.05) is 12.6 Å².